The van der Waals surface area contributed by atoms with Gasteiger partial charge in [0.15, 0.2) is 0 Å². The highest BCUT2D eigenvalue weighted by Crippen LogP contribution is 2.24. The number of aromatic nitrogens is 1. The summed E-state index contributed by atoms with van der Waals surface area (Å²) in [7, 11) is 0. The lowest BCUT2D eigenvalue weighted by atomic mass is 10.1. The average Bonchev–Trinajstić information content (AvgIpc) is 3.53. The molecule has 0 radical (unpaired) electrons. The third-order valence-electron chi connectivity index (χ3n) is 5.46. The van der Waals surface area contributed by atoms with Gasteiger partial charge in [0, 0.05) is 37.5 Å². The lowest BCUT2D eigenvalue weighted by Crippen LogP contribution is -2.32. The number of rotatable bonds is 7. The van der Waals surface area contributed by atoms with Gasteiger partial charge in [0.05, 0.1) is 11.1 Å². The first-order valence-electron chi connectivity index (χ1n) is 10.4. The van der Waals surface area contributed by atoms with Crippen LogP contribution < -0.4 is 10.6 Å². The van der Waals surface area contributed by atoms with Gasteiger partial charge in [-0.05, 0) is 44.2 Å². The molecule has 0 unspecified atom stereocenters. The molecule has 1 aliphatic heterocycles. The van der Waals surface area contributed by atoms with Crippen LogP contribution in [0.5, 0.6) is 0 Å². The number of likely N-dealkylation sites (tertiary alicyclic amines) is 1. The molecule has 2 amide bonds. The van der Waals surface area contributed by atoms with Crippen molar-refractivity contribution in [2.24, 2.45) is 0 Å². The molecule has 1 aliphatic carbocycles. The first-order valence-corrected chi connectivity index (χ1v) is 10.4. The first kappa shape index (κ1) is 18.7. The van der Waals surface area contributed by atoms with Crippen molar-refractivity contribution in [1.82, 2.24) is 15.2 Å². The molecule has 0 spiro atoms. The minimum atomic E-state index is -0.0284. The number of carbonyl (C=O) groups is 2. The molecule has 4 rings (SSSR count). The highest BCUT2D eigenvalue weighted by Gasteiger charge is 2.25. The molecule has 6 heteroatoms. The van der Waals surface area contributed by atoms with E-state index in [-0.39, 0.29) is 11.8 Å². The Balaban J connectivity index is 1.40. The highest BCUT2D eigenvalue weighted by molar-refractivity contribution is 6.07. The summed E-state index contributed by atoms with van der Waals surface area (Å²) >= 11 is 0. The maximum absolute atomic E-state index is 12.7. The molecule has 1 saturated carbocycles. The van der Waals surface area contributed by atoms with Gasteiger partial charge in [-0.2, -0.15) is 0 Å². The van der Waals surface area contributed by atoms with Gasteiger partial charge in [-0.15, -0.1) is 0 Å². The van der Waals surface area contributed by atoms with E-state index in [4.69, 9.17) is 0 Å². The molecule has 28 heavy (non-hydrogen) atoms. The van der Waals surface area contributed by atoms with Gasteiger partial charge in [-0.3, -0.25) is 9.59 Å². The van der Waals surface area contributed by atoms with Crippen LogP contribution in [0.1, 0.15) is 55.3 Å². The minimum Gasteiger partial charge on any atom is -0.370 e. The molecule has 0 bridgehead atoms. The van der Waals surface area contributed by atoms with E-state index in [0.717, 1.165) is 69.1 Å². The van der Waals surface area contributed by atoms with Crippen LogP contribution in [0.3, 0.4) is 0 Å². The number of para-hydroxylation sites is 1. The summed E-state index contributed by atoms with van der Waals surface area (Å²) < 4.78 is 0. The molecule has 1 aromatic heterocycles. The summed E-state index contributed by atoms with van der Waals surface area (Å²) in [5.41, 5.74) is 1.49. The van der Waals surface area contributed by atoms with E-state index < -0.39 is 0 Å². The fraction of sp³-hybridized carbons (Fsp3) is 0.500. The molecule has 148 valence electrons. The van der Waals surface area contributed by atoms with Crippen LogP contribution in [0.25, 0.3) is 10.9 Å². The molecule has 1 aromatic carbocycles. The van der Waals surface area contributed by atoms with Gasteiger partial charge >= 0.3 is 0 Å². The summed E-state index contributed by atoms with van der Waals surface area (Å²) in [6.45, 7) is 2.37. The predicted molar refractivity (Wildman–Crippen MR) is 110 cm³/mol. The number of hydrogen-bond donors (Lipinski definition) is 2. The van der Waals surface area contributed by atoms with Crippen LogP contribution >= 0.6 is 0 Å². The first-order chi connectivity index (χ1) is 13.7. The quantitative estimate of drug-likeness (QED) is 0.723. The Morgan fingerprint density at radius 1 is 1.18 bits per heavy atom. The number of benzene rings is 1. The van der Waals surface area contributed by atoms with Crippen molar-refractivity contribution in [2.45, 2.75) is 51.0 Å². The largest absolute Gasteiger partial charge is 0.370 e. The van der Waals surface area contributed by atoms with Crippen molar-refractivity contribution >= 4 is 28.5 Å². The Bertz CT molecular complexity index is 863. The van der Waals surface area contributed by atoms with Gasteiger partial charge in [0.1, 0.15) is 5.82 Å². The highest BCUT2D eigenvalue weighted by atomic mass is 16.2. The summed E-state index contributed by atoms with van der Waals surface area (Å²) in [4.78, 5) is 31.4. The van der Waals surface area contributed by atoms with Crippen molar-refractivity contribution in [3.63, 3.8) is 0 Å². The molecule has 0 atom stereocenters. The molecular formula is C22H28N4O2. The molecule has 2 heterocycles. The van der Waals surface area contributed by atoms with Gasteiger partial charge in [0.25, 0.3) is 5.91 Å². The number of nitrogens with zero attached hydrogens (tertiary/aromatic N) is 2. The number of nitrogens with one attached hydrogen (secondary N) is 2. The Hall–Kier alpha value is -2.63. The van der Waals surface area contributed by atoms with Crippen molar-refractivity contribution < 1.29 is 9.59 Å². The molecule has 2 aromatic rings. The monoisotopic (exact) mass is 380 g/mol. The SMILES string of the molecule is O=C(NC1CC1)c1cc(NCCCN2CCCCCC2=O)nc2ccccc12. The van der Waals surface area contributed by atoms with E-state index in [1.807, 2.05) is 35.2 Å². The number of carbonyl (C=O) groups excluding carboxylic acids is 2. The zero-order chi connectivity index (χ0) is 19.3. The molecule has 2 aliphatic rings. The van der Waals surface area contributed by atoms with E-state index in [0.29, 0.717) is 23.8 Å². The normalized spacial score (nSPS) is 17.4. The molecular weight excluding hydrogens is 352 g/mol. The molecule has 2 fully saturated rings. The van der Waals surface area contributed by atoms with E-state index >= 15 is 0 Å². The lowest BCUT2D eigenvalue weighted by Gasteiger charge is -2.20. The molecule has 6 nitrogen and oxygen atoms in total. The number of hydrogen-bond acceptors (Lipinski definition) is 4. The van der Waals surface area contributed by atoms with E-state index in [1.165, 1.54) is 0 Å². The van der Waals surface area contributed by atoms with E-state index in [2.05, 4.69) is 15.6 Å². The van der Waals surface area contributed by atoms with Crippen LogP contribution in [0.15, 0.2) is 30.3 Å². The van der Waals surface area contributed by atoms with Crippen molar-refractivity contribution in [3.05, 3.63) is 35.9 Å². The summed E-state index contributed by atoms with van der Waals surface area (Å²) in [5, 5.41) is 7.29. The third-order valence-corrected chi connectivity index (χ3v) is 5.46. The Labute approximate surface area is 165 Å². The van der Waals surface area contributed by atoms with E-state index in [9.17, 15) is 9.59 Å². The van der Waals surface area contributed by atoms with Crippen LogP contribution in [-0.2, 0) is 4.79 Å². The van der Waals surface area contributed by atoms with Gasteiger partial charge in [-0.1, -0.05) is 24.6 Å². The topological polar surface area (TPSA) is 74.3 Å². The zero-order valence-electron chi connectivity index (χ0n) is 16.2. The predicted octanol–water partition coefficient (Wildman–Crippen LogP) is 3.33. The molecule has 1 saturated heterocycles. The number of amides is 2. The third kappa shape index (κ3) is 4.61. The lowest BCUT2D eigenvalue weighted by molar-refractivity contribution is -0.130. The van der Waals surface area contributed by atoms with Crippen molar-refractivity contribution in [3.8, 4) is 0 Å². The maximum Gasteiger partial charge on any atom is 0.252 e. The number of anilines is 1. The smallest absolute Gasteiger partial charge is 0.252 e. The second kappa shape index (κ2) is 8.59. The van der Waals surface area contributed by atoms with Crippen molar-refractivity contribution in [1.29, 1.82) is 0 Å². The minimum absolute atomic E-state index is 0.0284. The fourth-order valence-corrected chi connectivity index (χ4v) is 3.71. The molecule has 2 N–H and O–H groups in total. The Morgan fingerprint density at radius 2 is 2.04 bits per heavy atom. The standard InChI is InChI=1S/C22H28N4O2/c27-21-9-2-1-5-13-26(21)14-6-12-23-20-15-18(22(28)24-16-10-11-16)17-7-3-4-8-19(17)25-20/h3-4,7-8,15-16H,1-2,5-6,9-14H2,(H,23,25)(H,24,28). The van der Waals surface area contributed by atoms with Crippen LogP contribution in [-0.4, -0.2) is 47.4 Å². The van der Waals surface area contributed by atoms with Crippen LogP contribution in [0.4, 0.5) is 5.82 Å². The van der Waals surface area contributed by atoms with Crippen molar-refractivity contribution in [2.75, 3.05) is 25.0 Å². The Morgan fingerprint density at radius 3 is 2.89 bits per heavy atom. The summed E-state index contributed by atoms with van der Waals surface area (Å²) in [6.07, 6.45) is 6.94. The Kier molecular flexibility index (Phi) is 5.74. The van der Waals surface area contributed by atoms with Gasteiger partial charge in [-0.25, -0.2) is 4.98 Å². The number of fused-ring (bicyclic) bond motifs is 1. The average molecular weight is 380 g/mol. The summed E-state index contributed by atoms with van der Waals surface area (Å²) in [6, 6.07) is 9.91. The number of pyridine rings is 1. The zero-order valence-corrected chi connectivity index (χ0v) is 16.2. The fourth-order valence-electron chi connectivity index (χ4n) is 3.71. The van der Waals surface area contributed by atoms with Gasteiger partial charge in [0.2, 0.25) is 5.91 Å². The maximum atomic E-state index is 12.7. The summed E-state index contributed by atoms with van der Waals surface area (Å²) in [5.74, 6) is 0.960. The van der Waals surface area contributed by atoms with E-state index in [1.54, 1.807) is 0 Å². The second-order valence-electron chi connectivity index (χ2n) is 7.79. The van der Waals surface area contributed by atoms with Crippen LogP contribution in [0.2, 0.25) is 0 Å². The van der Waals surface area contributed by atoms with Gasteiger partial charge < -0.3 is 15.5 Å². The van der Waals surface area contributed by atoms with Crippen LogP contribution in [0, 0.1) is 0 Å². The second-order valence-corrected chi connectivity index (χ2v) is 7.79.